The molecule has 0 radical (unpaired) electrons. The first-order valence-electron chi connectivity index (χ1n) is 5.85. The molecule has 0 amide bonds. The molecule has 0 saturated carbocycles. The Labute approximate surface area is 113 Å². The fraction of sp³-hybridized carbons (Fsp3) is 0.500. The van der Waals surface area contributed by atoms with Crippen molar-refractivity contribution in [3.05, 3.63) is 24.3 Å². The van der Waals surface area contributed by atoms with E-state index in [1.165, 1.54) is 0 Å². The van der Waals surface area contributed by atoms with Crippen LogP contribution in [0.3, 0.4) is 0 Å². The third-order valence-corrected chi connectivity index (χ3v) is 3.92. The predicted octanol–water partition coefficient (Wildman–Crippen LogP) is 0.338. The van der Waals surface area contributed by atoms with E-state index < -0.39 is 15.6 Å². The van der Waals surface area contributed by atoms with E-state index in [-0.39, 0.29) is 19.0 Å². The Hall–Kier alpha value is -1.31. The maximum absolute atomic E-state index is 11.7. The number of aliphatic hydroxyl groups is 1. The van der Waals surface area contributed by atoms with Crippen LogP contribution in [0.15, 0.2) is 24.3 Å². The van der Waals surface area contributed by atoms with Gasteiger partial charge in [-0.1, -0.05) is 12.1 Å². The molecule has 0 spiro atoms. The molecule has 0 aliphatic carbocycles. The zero-order valence-electron chi connectivity index (χ0n) is 11.1. The minimum absolute atomic E-state index is 0.00887. The molecule has 0 saturated heterocycles. The highest BCUT2D eigenvalue weighted by molar-refractivity contribution is 7.89. The minimum atomic E-state index is -3.51. The van der Waals surface area contributed by atoms with Crippen molar-refractivity contribution in [1.29, 1.82) is 0 Å². The predicted molar refractivity (Wildman–Crippen MR) is 74.4 cm³/mol. The maximum atomic E-state index is 11.7. The molecular weight excluding hydrogens is 268 g/mol. The Morgan fingerprint density at radius 1 is 1.37 bits per heavy atom. The number of nitrogen functional groups attached to an aromatic ring is 1. The van der Waals surface area contributed by atoms with E-state index in [0.717, 1.165) is 0 Å². The molecular formula is C12H20N2O4S. The minimum Gasteiger partial charge on any atom is -0.490 e. The summed E-state index contributed by atoms with van der Waals surface area (Å²) in [5.74, 6) is 0.254. The van der Waals surface area contributed by atoms with Crippen LogP contribution in [0.4, 0.5) is 5.69 Å². The second-order valence-corrected chi connectivity index (χ2v) is 6.69. The molecule has 0 atom stereocenters. The van der Waals surface area contributed by atoms with Crippen molar-refractivity contribution in [2.45, 2.75) is 19.4 Å². The summed E-state index contributed by atoms with van der Waals surface area (Å²) < 4.78 is 31.2. The number of para-hydroxylation sites is 2. The molecule has 19 heavy (non-hydrogen) atoms. The van der Waals surface area contributed by atoms with Crippen molar-refractivity contribution in [1.82, 2.24) is 4.72 Å². The SMILES string of the molecule is CC(C)(CO)NS(=O)(=O)CCOc1ccccc1N. The number of benzene rings is 1. The normalized spacial score (nSPS) is 12.4. The van der Waals surface area contributed by atoms with Crippen molar-refractivity contribution in [3.63, 3.8) is 0 Å². The summed E-state index contributed by atoms with van der Waals surface area (Å²) in [5.41, 5.74) is 5.25. The molecule has 0 aliphatic rings. The lowest BCUT2D eigenvalue weighted by molar-refractivity contribution is 0.208. The lowest BCUT2D eigenvalue weighted by Gasteiger charge is -2.23. The van der Waals surface area contributed by atoms with Crippen LogP contribution in [0.1, 0.15) is 13.8 Å². The van der Waals surface area contributed by atoms with Gasteiger partial charge in [-0.05, 0) is 26.0 Å². The van der Waals surface area contributed by atoms with E-state index in [4.69, 9.17) is 15.6 Å². The van der Waals surface area contributed by atoms with Crippen LogP contribution in [0.25, 0.3) is 0 Å². The number of ether oxygens (including phenoxy) is 1. The summed E-state index contributed by atoms with van der Waals surface area (Å²) in [5, 5.41) is 9.02. The van der Waals surface area contributed by atoms with Gasteiger partial charge in [-0.15, -0.1) is 0 Å². The number of hydrogen-bond acceptors (Lipinski definition) is 5. The number of nitrogens with two attached hydrogens (primary N) is 1. The molecule has 0 fully saturated rings. The number of nitrogens with one attached hydrogen (secondary N) is 1. The van der Waals surface area contributed by atoms with Crippen molar-refractivity contribution < 1.29 is 18.3 Å². The second kappa shape index (κ2) is 6.23. The van der Waals surface area contributed by atoms with Crippen molar-refractivity contribution in [3.8, 4) is 5.75 Å². The van der Waals surface area contributed by atoms with Crippen LogP contribution < -0.4 is 15.2 Å². The van der Waals surface area contributed by atoms with Gasteiger partial charge >= 0.3 is 0 Å². The van der Waals surface area contributed by atoms with E-state index in [1.807, 2.05) is 0 Å². The topological polar surface area (TPSA) is 102 Å². The maximum Gasteiger partial charge on any atom is 0.215 e. The van der Waals surface area contributed by atoms with Crippen LogP contribution in [0.5, 0.6) is 5.75 Å². The molecule has 0 bridgehead atoms. The third kappa shape index (κ3) is 5.46. The van der Waals surface area contributed by atoms with Gasteiger partial charge < -0.3 is 15.6 Å². The van der Waals surface area contributed by atoms with Crippen LogP contribution in [-0.4, -0.2) is 38.0 Å². The lowest BCUT2D eigenvalue weighted by Crippen LogP contribution is -2.47. The van der Waals surface area contributed by atoms with Gasteiger partial charge in [0.1, 0.15) is 12.4 Å². The van der Waals surface area contributed by atoms with Crippen LogP contribution in [0.2, 0.25) is 0 Å². The second-order valence-electron chi connectivity index (χ2n) is 4.85. The number of anilines is 1. The first-order valence-corrected chi connectivity index (χ1v) is 7.51. The van der Waals surface area contributed by atoms with Gasteiger partial charge in [-0.2, -0.15) is 0 Å². The van der Waals surface area contributed by atoms with E-state index in [9.17, 15) is 8.42 Å². The molecule has 1 aromatic rings. The monoisotopic (exact) mass is 288 g/mol. The number of sulfonamides is 1. The van der Waals surface area contributed by atoms with E-state index >= 15 is 0 Å². The summed E-state index contributed by atoms with van der Waals surface area (Å²) in [4.78, 5) is 0. The molecule has 1 rings (SSSR count). The Morgan fingerprint density at radius 2 is 2.00 bits per heavy atom. The van der Waals surface area contributed by atoms with Crippen molar-refractivity contribution in [2.75, 3.05) is 24.7 Å². The Bertz CT molecular complexity index is 514. The largest absolute Gasteiger partial charge is 0.490 e. The quantitative estimate of drug-likeness (QED) is 0.628. The van der Waals surface area contributed by atoms with E-state index in [0.29, 0.717) is 11.4 Å². The average Bonchev–Trinajstić information content (AvgIpc) is 2.30. The first-order chi connectivity index (χ1) is 8.76. The Morgan fingerprint density at radius 3 is 2.58 bits per heavy atom. The van der Waals surface area contributed by atoms with E-state index in [2.05, 4.69) is 4.72 Å². The summed E-state index contributed by atoms with van der Waals surface area (Å²) in [7, 11) is -3.51. The molecule has 6 nitrogen and oxygen atoms in total. The smallest absolute Gasteiger partial charge is 0.215 e. The molecule has 7 heteroatoms. The van der Waals surface area contributed by atoms with Gasteiger partial charge in [0, 0.05) is 0 Å². The fourth-order valence-corrected chi connectivity index (χ4v) is 2.69. The van der Waals surface area contributed by atoms with Gasteiger partial charge in [0.2, 0.25) is 10.0 Å². The van der Waals surface area contributed by atoms with Crippen LogP contribution >= 0.6 is 0 Å². The molecule has 0 unspecified atom stereocenters. The number of hydrogen-bond donors (Lipinski definition) is 3. The van der Waals surface area contributed by atoms with Crippen LogP contribution in [-0.2, 0) is 10.0 Å². The van der Waals surface area contributed by atoms with Crippen molar-refractivity contribution >= 4 is 15.7 Å². The van der Waals surface area contributed by atoms with Gasteiger partial charge in [0.05, 0.1) is 23.6 Å². The zero-order chi connectivity index (χ0) is 14.5. The van der Waals surface area contributed by atoms with Crippen LogP contribution in [0, 0.1) is 0 Å². The lowest BCUT2D eigenvalue weighted by atomic mass is 10.1. The van der Waals surface area contributed by atoms with Gasteiger partial charge in [0.25, 0.3) is 0 Å². The molecule has 108 valence electrons. The highest BCUT2D eigenvalue weighted by atomic mass is 32.2. The van der Waals surface area contributed by atoms with Gasteiger partial charge in [0.15, 0.2) is 0 Å². The Kier molecular flexibility index (Phi) is 5.16. The molecule has 0 aromatic heterocycles. The number of aliphatic hydroxyl groups excluding tert-OH is 1. The molecule has 0 heterocycles. The number of rotatable bonds is 7. The van der Waals surface area contributed by atoms with Crippen molar-refractivity contribution in [2.24, 2.45) is 0 Å². The summed E-state index contributed by atoms with van der Waals surface area (Å²) in [6.45, 7) is 2.91. The highest BCUT2D eigenvalue weighted by Crippen LogP contribution is 2.19. The van der Waals surface area contributed by atoms with Gasteiger partial charge in [-0.25, -0.2) is 13.1 Å². The average molecular weight is 288 g/mol. The standard InChI is InChI=1S/C12H20N2O4S/c1-12(2,9-15)14-19(16,17)8-7-18-11-6-4-3-5-10(11)13/h3-6,14-15H,7-9,13H2,1-2H3. The van der Waals surface area contributed by atoms with E-state index in [1.54, 1.807) is 38.1 Å². The summed E-state index contributed by atoms with van der Waals surface area (Å²) >= 11 is 0. The highest BCUT2D eigenvalue weighted by Gasteiger charge is 2.23. The molecule has 1 aromatic carbocycles. The zero-order valence-corrected chi connectivity index (χ0v) is 11.9. The fourth-order valence-electron chi connectivity index (χ4n) is 1.38. The summed E-state index contributed by atoms with van der Waals surface area (Å²) in [6, 6.07) is 6.88. The Balaban J connectivity index is 2.51. The third-order valence-electron chi connectivity index (χ3n) is 2.36. The first kappa shape index (κ1) is 15.7. The summed E-state index contributed by atoms with van der Waals surface area (Å²) in [6.07, 6.45) is 0. The molecule has 0 aliphatic heterocycles. The van der Waals surface area contributed by atoms with Gasteiger partial charge in [-0.3, -0.25) is 0 Å². The molecule has 4 N–H and O–H groups in total.